The number of nitrogen functional groups attached to an aromatic ring is 1. The van der Waals surface area contributed by atoms with Gasteiger partial charge < -0.3 is 15.8 Å². The van der Waals surface area contributed by atoms with E-state index in [9.17, 15) is 13.2 Å². The van der Waals surface area contributed by atoms with Crippen molar-refractivity contribution in [2.24, 2.45) is 5.92 Å². The molecular weight excluding hydrogens is 442 g/mol. The van der Waals surface area contributed by atoms with Crippen LogP contribution in [0.5, 0.6) is 5.75 Å². The number of nitrogens with two attached hydrogens (primary N) is 1. The molecule has 1 fully saturated rings. The zero-order valence-electron chi connectivity index (χ0n) is 17.9. The maximum atomic E-state index is 12.8. The maximum Gasteiger partial charge on any atom is 0.273 e. The van der Waals surface area contributed by atoms with Crippen LogP contribution in [0.2, 0.25) is 5.02 Å². The van der Waals surface area contributed by atoms with Gasteiger partial charge in [-0.05, 0) is 38.5 Å². The highest BCUT2D eigenvalue weighted by Crippen LogP contribution is 2.37. The molecule has 0 bridgehead atoms. The van der Waals surface area contributed by atoms with Gasteiger partial charge in [-0.25, -0.2) is 13.4 Å². The average Bonchev–Trinajstić information content (AvgIpc) is 3.07. The first-order valence-electron chi connectivity index (χ1n) is 10.2. The van der Waals surface area contributed by atoms with Crippen LogP contribution in [-0.4, -0.2) is 54.2 Å². The Bertz CT molecular complexity index is 1060. The molecule has 1 aliphatic rings. The number of sulfone groups is 1. The summed E-state index contributed by atoms with van der Waals surface area (Å²) in [6.07, 6.45) is 5.60. The van der Waals surface area contributed by atoms with Crippen LogP contribution in [0.3, 0.4) is 0 Å². The van der Waals surface area contributed by atoms with E-state index in [1.807, 2.05) is 6.92 Å². The van der Waals surface area contributed by atoms with Crippen LogP contribution in [-0.2, 0) is 16.4 Å². The van der Waals surface area contributed by atoms with Crippen molar-refractivity contribution in [1.82, 2.24) is 20.1 Å². The van der Waals surface area contributed by atoms with Gasteiger partial charge in [-0.2, -0.15) is 5.10 Å². The average molecular weight is 470 g/mol. The summed E-state index contributed by atoms with van der Waals surface area (Å²) in [5.41, 5.74) is 7.00. The molecule has 31 heavy (non-hydrogen) atoms. The predicted octanol–water partition coefficient (Wildman–Crippen LogP) is 2.54. The molecule has 3 N–H and O–H groups in total. The molecule has 0 atom stereocenters. The van der Waals surface area contributed by atoms with Gasteiger partial charge >= 0.3 is 0 Å². The summed E-state index contributed by atoms with van der Waals surface area (Å²) in [4.78, 5) is 16.9. The minimum atomic E-state index is -3.01. The number of ether oxygens (including phenoxy) is 1. The van der Waals surface area contributed by atoms with Crippen molar-refractivity contribution < 1.29 is 17.9 Å². The Morgan fingerprint density at radius 3 is 2.61 bits per heavy atom. The SMILES string of the molecule is CCn1nc(C(=O)NCC2CCC(S(C)(=O)=O)CC2)c(Cl)c1-c1cnc(N)cc1OC. The van der Waals surface area contributed by atoms with E-state index in [0.717, 1.165) is 12.8 Å². The maximum absolute atomic E-state index is 12.8. The largest absolute Gasteiger partial charge is 0.496 e. The number of halogens is 1. The number of carbonyl (C=O) groups is 1. The van der Waals surface area contributed by atoms with E-state index >= 15 is 0 Å². The summed E-state index contributed by atoms with van der Waals surface area (Å²) in [5, 5.41) is 7.23. The Hall–Kier alpha value is -2.33. The van der Waals surface area contributed by atoms with Gasteiger partial charge in [-0.15, -0.1) is 0 Å². The molecule has 3 rings (SSSR count). The van der Waals surface area contributed by atoms with E-state index in [1.165, 1.54) is 13.4 Å². The Labute approximate surface area is 187 Å². The van der Waals surface area contributed by atoms with Crippen LogP contribution in [0.15, 0.2) is 12.3 Å². The van der Waals surface area contributed by atoms with Gasteiger partial charge in [-0.1, -0.05) is 11.6 Å². The number of rotatable bonds is 7. The van der Waals surface area contributed by atoms with Crippen molar-refractivity contribution in [2.75, 3.05) is 25.6 Å². The third-order valence-corrected chi connectivity index (χ3v) is 7.76. The molecular formula is C20H28ClN5O4S. The van der Waals surface area contributed by atoms with E-state index in [0.29, 0.717) is 48.8 Å². The summed E-state index contributed by atoms with van der Waals surface area (Å²) < 4.78 is 30.5. The van der Waals surface area contributed by atoms with Crippen LogP contribution in [0.1, 0.15) is 43.1 Å². The first-order chi connectivity index (χ1) is 14.7. The molecule has 0 saturated heterocycles. The van der Waals surface area contributed by atoms with Crippen LogP contribution >= 0.6 is 11.6 Å². The molecule has 0 spiro atoms. The van der Waals surface area contributed by atoms with E-state index in [2.05, 4.69) is 15.4 Å². The number of nitrogens with zero attached hydrogens (tertiary/aromatic N) is 3. The number of aromatic nitrogens is 3. The van der Waals surface area contributed by atoms with Crippen molar-refractivity contribution in [3.8, 4) is 17.0 Å². The van der Waals surface area contributed by atoms with Gasteiger partial charge in [0.2, 0.25) is 0 Å². The van der Waals surface area contributed by atoms with Crippen molar-refractivity contribution in [3.63, 3.8) is 0 Å². The minimum Gasteiger partial charge on any atom is -0.496 e. The van der Waals surface area contributed by atoms with Gasteiger partial charge in [0.15, 0.2) is 5.69 Å². The summed E-state index contributed by atoms with van der Waals surface area (Å²) in [7, 11) is -1.49. The van der Waals surface area contributed by atoms with Gasteiger partial charge in [0.05, 0.1) is 28.6 Å². The third kappa shape index (κ3) is 5.12. The third-order valence-electron chi connectivity index (χ3n) is 5.72. The van der Waals surface area contributed by atoms with Gasteiger partial charge in [-0.3, -0.25) is 9.48 Å². The molecule has 1 aliphatic carbocycles. The monoisotopic (exact) mass is 469 g/mol. The van der Waals surface area contributed by atoms with E-state index in [-0.39, 0.29) is 27.8 Å². The lowest BCUT2D eigenvalue weighted by molar-refractivity contribution is 0.0938. The van der Waals surface area contributed by atoms with Crippen LogP contribution < -0.4 is 15.8 Å². The number of hydrogen-bond acceptors (Lipinski definition) is 7. The molecule has 2 aromatic rings. The zero-order chi connectivity index (χ0) is 22.8. The van der Waals surface area contributed by atoms with Crippen LogP contribution in [0, 0.1) is 5.92 Å². The molecule has 170 valence electrons. The van der Waals surface area contributed by atoms with Gasteiger partial charge in [0, 0.05) is 31.6 Å². The highest BCUT2D eigenvalue weighted by molar-refractivity contribution is 7.91. The summed E-state index contributed by atoms with van der Waals surface area (Å²) in [6, 6.07) is 1.59. The fraction of sp³-hybridized carbons (Fsp3) is 0.550. The molecule has 0 radical (unpaired) electrons. The van der Waals surface area contributed by atoms with Crippen molar-refractivity contribution >= 4 is 33.2 Å². The summed E-state index contributed by atoms with van der Waals surface area (Å²) in [6.45, 7) is 2.84. The molecule has 1 saturated carbocycles. The van der Waals surface area contributed by atoms with E-state index < -0.39 is 9.84 Å². The van der Waals surface area contributed by atoms with Gasteiger partial charge in [0.25, 0.3) is 5.91 Å². The summed E-state index contributed by atoms with van der Waals surface area (Å²) >= 11 is 6.57. The fourth-order valence-electron chi connectivity index (χ4n) is 3.95. The lowest BCUT2D eigenvalue weighted by atomic mass is 9.89. The molecule has 0 unspecified atom stereocenters. The highest BCUT2D eigenvalue weighted by atomic mass is 35.5. The topological polar surface area (TPSA) is 129 Å². The Kier molecular flexibility index (Phi) is 7.10. The van der Waals surface area contributed by atoms with Crippen molar-refractivity contribution in [2.45, 2.75) is 44.4 Å². The number of pyridine rings is 1. The molecule has 1 amide bonds. The molecule has 0 aromatic carbocycles. The van der Waals surface area contributed by atoms with Gasteiger partial charge in [0.1, 0.15) is 21.4 Å². The van der Waals surface area contributed by atoms with E-state index in [4.69, 9.17) is 22.1 Å². The second-order valence-electron chi connectivity index (χ2n) is 7.82. The standard InChI is InChI=1S/C20H28ClN5O4S/c1-4-26-19(14-11-23-16(22)9-15(14)30-2)17(21)18(25-26)20(27)24-10-12-5-7-13(8-6-12)31(3,28)29/h9,11-13H,4-8,10H2,1-3H3,(H2,22,23)(H,24,27). The second kappa shape index (κ2) is 9.44. The first kappa shape index (κ1) is 23.3. The zero-order valence-corrected chi connectivity index (χ0v) is 19.5. The predicted molar refractivity (Wildman–Crippen MR) is 120 cm³/mol. The number of amides is 1. The number of nitrogens with one attached hydrogen (secondary N) is 1. The minimum absolute atomic E-state index is 0.127. The molecule has 9 nitrogen and oxygen atoms in total. The molecule has 2 aromatic heterocycles. The van der Waals surface area contributed by atoms with Crippen LogP contribution in [0.25, 0.3) is 11.3 Å². The van der Waals surface area contributed by atoms with Crippen LogP contribution in [0.4, 0.5) is 5.82 Å². The second-order valence-corrected chi connectivity index (χ2v) is 10.5. The number of aryl methyl sites for hydroxylation is 1. The Morgan fingerprint density at radius 1 is 1.35 bits per heavy atom. The number of methoxy groups -OCH3 is 1. The number of carbonyl (C=O) groups excluding carboxylic acids is 1. The Morgan fingerprint density at radius 2 is 2.03 bits per heavy atom. The summed E-state index contributed by atoms with van der Waals surface area (Å²) in [5.74, 6) is 0.655. The quantitative estimate of drug-likeness (QED) is 0.637. The van der Waals surface area contributed by atoms with Crippen molar-refractivity contribution in [1.29, 1.82) is 0 Å². The van der Waals surface area contributed by atoms with E-state index in [1.54, 1.807) is 16.9 Å². The molecule has 0 aliphatic heterocycles. The number of anilines is 1. The lowest BCUT2D eigenvalue weighted by Gasteiger charge is -2.27. The lowest BCUT2D eigenvalue weighted by Crippen LogP contribution is -2.34. The highest BCUT2D eigenvalue weighted by Gasteiger charge is 2.29. The number of hydrogen-bond donors (Lipinski definition) is 2. The Balaban J connectivity index is 1.75. The molecule has 2 heterocycles. The van der Waals surface area contributed by atoms with Crippen molar-refractivity contribution in [3.05, 3.63) is 23.0 Å². The molecule has 11 heteroatoms. The normalized spacial score (nSPS) is 19.2. The first-order valence-corrected chi connectivity index (χ1v) is 12.5. The smallest absolute Gasteiger partial charge is 0.273 e. The fourth-order valence-corrected chi connectivity index (χ4v) is 5.41.